The van der Waals surface area contributed by atoms with E-state index >= 15 is 0 Å². The van der Waals surface area contributed by atoms with Crippen LogP contribution in [0.15, 0.2) is 30.5 Å². The van der Waals surface area contributed by atoms with Crippen molar-refractivity contribution in [2.45, 2.75) is 12.5 Å². The number of carbonyl (C=O) groups is 3. The SMILES string of the molecule is COC(=O)C[C@@H]1C(=O)NCCN1C(=O)c1cnc2ccccc2n1. The van der Waals surface area contributed by atoms with E-state index in [0.717, 1.165) is 0 Å². The van der Waals surface area contributed by atoms with E-state index in [-0.39, 0.29) is 18.0 Å². The monoisotopic (exact) mass is 328 g/mol. The van der Waals surface area contributed by atoms with Crippen molar-refractivity contribution in [3.8, 4) is 0 Å². The van der Waals surface area contributed by atoms with Crippen LogP contribution in [-0.4, -0.2) is 58.9 Å². The number of ether oxygens (including phenoxy) is 1. The quantitative estimate of drug-likeness (QED) is 0.804. The highest BCUT2D eigenvalue weighted by molar-refractivity contribution is 5.98. The second-order valence-electron chi connectivity index (χ2n) is 5.33. The van der Waals surface area contributed by atoms with Gasteiger partial charge in [0.15, 0.2) is 0 Å². The Labute approximate surface area is 137 Å². The van der Waals surface area contributed by atoms with Gasteiger partial charge in [0, 0.05) is 13.1 Å². The van der Waals surface area contributed by atoms with Gasteiger partial charge in [-0.05, 0) is 12.1 Å². The van der Waals surface area contributed by atoms with Crippen LogP contribution in [0.4, 0.5) is 0 Å². The molecule has 8 heteroatoms. The molecule has 1 aliphatic heterocycles. The topological polar surface area (TPSA) is 101 Å². The minimum absolute atomic E-state index is 0.137. The van der Waals surface area contributed by atoms with E-state index in [9.17, 15) is 14.4 Å². The van der Waals surface area contributed by atoms with Gasteiger partial charge in [0.1, 0.15) is 11.7 Å². The highest BCUT2D eigenvalue weighted by atomic mass is 16.5. The number of benzene rings is 1. The molecule has 0 aliphatic carbocycles. The molecule has 0 bridgehead atoms. The summed E-state index contributed by atoms with van der Waals surface area (Å²) in [5, 5.41) is 2.65. The number of nitrogens with one attached hydrogen (secondary N) is 1. The molecule has 0 radical (unpaired) electrons. The summed E-state index contributed by atoms with van der Waals surface area (Å²) in [4.78, 5) is 46.2. The lowest BCUT2D eigenvalue weighted by molar-refractivity contribution is -0.145. The molecule has 24 heavy (non-hydrogen) atoms. The number of carbonyl (C=O) groups excluding carboxylic acids is 3. The van der Waals surface area contributed by atoms with Crippen LogP contribution in [0.25, 0.3) is 11.0 Å². The first-order valence-electron chi connectivity index (χ1n) is 7.47. The molecule has 2 amide bonds. The lowest BCUT2D eigenvalue weighted by Crippen LogP contribution is -2.58. The van der Waals surface area contributed by atoms with E-state index in [4.69, 9.17) is 0 Å². The Bertz CT molecular complexity index is 808. The number of para-hydroxylation sites is 2. The van der Waals surface area contributed by atoms with Gasteiger partial charge in [0.2, 0.25) is 5.91 Å². The van der Waals surface area contributed by atoms with Gasteiger partial charge in [0.05, 0.1) is 30.8 Å². The number of fused-ring (bicyclic) bond motifs is 1. The molecule has 2 aromatic rings. The van der Waals surface area contributed by atoms with E-state index in [1.165, 1.54) is 18.2 Å². The van der Waals surface area contributed by atoms with Crippen molar-refractivity contribution in [1.29, 1.82) is 0 Å². The van der Waals surface area contributed by atoms with Crippen LogP contribution in [0, 0.1) is 0 Å². The van der Waals surface area contributed by atoms with Crippen LogP contribution in [0.3, 0.4) is 0 Å². The first-order valence-corrected chi connectivity index (χ1v) is 7.47. The highest BCUT2D eigenvalue weighted by Crippen LogP contribution is 2.15. The third-order valence-electron chi connectivity index (χ3n) is 3.85. The van der Waals surface area contributed by atoms with Gasteiger partial charge in [-0.1, -0.05) is 12.1 Å². The zero-order chi connectivity index (χ0) is 17.1. The summed E-state index contributed by atoms with van der Waals surface area (Å²) in [6.45, 7) is 0.615. The van der Waals surface area contributed by atoms with Crippen molar-refractivity contribution in [2.75, 3.05) is 20.2 Å². The Morgan fingerprint density at radius 2 is 2.08 bits per heavy atom. The fourth-order valence-corrected chi connectivity index (χ4v) is 2.61. The molecule has 1 aromatic carbocycles. The number of hydrogen-bond donors (Lipinski definition) is 1. The summed E-state index contributed by atoms with van der Waals surface area (Å²) < 4.78 is 4.61. The molecule has 124 valence electrons. The lowest BCUT2D eigenvalue weighted by atomic mass is 10.1. The maximum Gasteiger partial charge on any atom is 0.308 e. The molecule has 0 saturated carbocycles. The molecule has 1 N–H and O–H groups in total. The standard InChI is InChI=1S/C16H16N4O4/c1-24-14(21)8-13-15(22)17-6-7-20(13)16(23)12-9-18-10-4-2-3-5-11(10)19-12/h2-5,9,13H,6-8H2,1H3,(H,17,22)/t13-/m1/s1. The zero-order valence-electron chi connectivity index (χ0n) is 13.1. The Kier molecular flexibility index (Phi) is 4.37. The van der Waals surface area contributed by atoms with Gasteiger partial charge in [-0.2, -0.15) is 0 Å². The summed E-state index contributed by atoms with van der Waals surface area (Å²) in [7, 11) is 1.24. The van der Waals surface area contributed by atoms with Crippen molar-refractivity contribution in [1.82, 2.24) is 20.2 Å². The highest BCUT2D eigenvalue weighted by Gasteiger charge is 2.36. The van der Waals surface area contributed by atoms with E-state index in [1.807, 2.05) is 6.07 Å². The van der Waals surface area contributed by atoms with Gasteiger partial charge in [-0.15, -0.1) is 0 Å². The Hall–Kier alpha value is -3.03. The molecule has 1 saturated heterocycles. The Morgan fingerprint density at radius 1 is 1.33 bits per heavy atom. The largest absolute Gasteiger partial charge is 0.469 e. The molecule has 1 aromatic heterocycles. The minimum atomic E-state index is -0.910. The van der Waals surface area contributed by atoms with E-state index in [0.29, 0.717) is 24.1 Å². The smallest absolute Gasteiger partial charge is 0.308 e. The molecule has 0 spiro atoms. The van der Waals surface area contributed by atoms with Crippen LogP contribution in [0.1, 0.15) is 16.9 Å². The molecule has 0 unspecified atom stereocenters. The summed E-state index contributed by atoms with van der Waals surface area (Å²) in [5.41, 5.74) is 1.41. The van der Waals surface area contributed by atoms with E-state index in [2.05, 4.69) is 20.0 Å². The van der Waals surface area contributed by atoms with Gasteiger partial charge >= 0.3 is 5.97 Å². The first kappa shape index (κ1) is 15.9. The average Bonchev–Trinajstić information content (AvgIpc) is 2.62. The van der Waals surface area contributed by atoms with Crippen LogP contribution >= 0.6 is 0 Å². The van der Waals surface area contributed by atoms with Gasteiger partial charge in [-0.3, -0.25) is 19.4 Å². The Morgan fingerprint density at radius 3 is 2.83 bits per heavy atom. The first-order chi connectivity index (χ1) is 11.6. The number of methoxy groups -OCH3 is 1. The van der Waals surface area contributed by atoms with Gasteiger partial charge < -0.3 is 15.0 Å². The molecule has 1 atom stereocenters. The van der Waals surface area contributed by atoms with E-state index in [1.54, 1.807) is 18.2 Å². The fourth-order valence-electron chi connectivity index (χ4n) is 2.61. The normalized spacial score (nSPS) is 17.5. The third-order valence-corrected chi connectivity index (χ3v) is 3.85. The molecule has 1 fully saturated rings. The predicted octanol–water partition coefficient (Wildman–Crippen LogP) is 0.134. The molecule has 3 rings (SSSR count). The van der Waals surface area contributed by atoms with Gasteiger partial charge in [-0.25, -0.2) is 4.98 Å². The maximum atomic E-state index is 12.8. The van der Waals surface area contributed by atoms with Crippen LogP contribution in [-0.2, 0) is 14.3 Å². The second kappa shape index (κ2) is 6.61. The molecule has 8 nitrogen and oxygen atoms in total. The number of hydrogen-bond acceptors (Lipinski definition) is 6. The fraction of sp³-hybridized carbons (Fsp3) is 0.312. The van der Waals surface area contributed by atoms with Crippen molar-refractivity contribution >= 4 is 28.8 Å². The predicted molar refractivity (Wildman–Crippen MR) is 84.0 cm³/mol. The number of rotatable bonds is 3. The van der Waals surface area contributed by atoms with Crippen molar-refractivity contribution in [3.63, 3.8) is 0 Å². The minimum Gasteiger partial charge on any atom is -0.469 e. The molecule has 2 heterocycles. The molecular weight excluding hydrogens is 312 g/mol. The summed E-state index contributed by atoms with van der Waals surface area (Å²) in [6.07, 6.45) is 1.18. The van der Waals surface area contributed by atoms with Crippen molar-refractivity contribution in [3.05, 3.63) is 36.2 Å². The van der Waals surface area contributed by atoms with Crippen LogP contribution in [0.2, 0.25) is 0 Å². The average molecular weight is 328 g/mol. The second-order valence-corrected chi connectivity index (χ2v) is 5.33. The lowest BCUT2D eigenvalue weighted by Gasteiger charge is -2.34. The number of aromatic nitrogens is 2. The van der Waals surface area contributed by atoms with E-state index < -0.39 is 17.9 Å². The number of amides is 2. The molecular formula is C16H16N4O4. The third kappa shape index (κ3) is 3.03. The summed E-state index contributed by atoms with van der Waals surface area (Å²) >= 11 is 0. The summed E-state index contributed by atoms with van der Waals surface area (Å²) in [6, 6.07) is 6.28. The Balaban J connectivity index is 1.89. The van der Waals surface area contributed by atoms with Gasteiger partial charge in [0.25, 0.3) is 5.91 Å². The number of esters is 1. The van der Waals surface area contributed by atoms with Crippen LogP contribution < -0.4 is 5.32 Å². The zero-order valence-corrected chi connectivity index (χ0v) is 13.1. The van der Waals surface area contributed by atoms with Crippen molar-refractivity contribution < 1.29 is 19.1 Å². The number of piperazine rings is 1. The summed E-state index contributed by atoms with van der Waals surface area (Å²) in [5.74, 6) is -1.37. The van der Waals surface area contributed by atoms with Crippen molar-refractivity contribution in [2.24, 2.45) is 0 Å². The maximum absolute atomic E-state index is 12.8. The van der Waals surface area contributed by atoms with Crippen LogP contribution in [0.5, 0.6) is 0 Å². The number of nitrogens with zero attached hydrogens (tertiary/aromatic N) is 3. The molecule has 1 aliphatic rings.